The summed E-state index contributed by atoms with van der Waals surface area (Å²) in [5, 5.41) is 3.80. The molecule has 2 aromatic carbocycles. The van der Waals surface area contributed by atoms with E-state index < -0.39 is 5.82 Å². The molecule has 0 spiro atoms. The zero-order valence-electron chi connectivity index (χ0n) is 13.9. The van der Waals surface area contributed by atoms with E-state index in [-0.39, 0.29) is 23.7 Å². The SMILES string of the molecule is CCN(C(=O)CCc1nc(-c2ccccc2F)no1)c1ccccc1. The van der Waals surface area contributed by atoms with Crippen LogP contribution >= 0.6 is 0 Å². The summed E-state index contributed by atoms with van der Waals surface area (Å²) in [4.78, 5) is 18.3. The number of hydrogen-bond acceptors (Lipinski definition) is 4. The molecule has 0 atom stereocenters. The first-order valence-electron chi connectivity index (χ1n) is 8.12. The lowest BCUT2D eigenvalue weighted by molar-refractivity contribution is -0.118. The number of aryl methyl sites for hydroxylation is 1. The van der Waals surface area contributed by atoms with Gasteiger partial charge in [0.25, 0.3) is 0 Å². The Morgan fingerprint density at radius 2 is 1.84 bits per heavy atom. The highest BCUT2D eigenvalue weighted by atomic mass is 19.1. The van der Waals surface area contributed by atoms with Crippen LogP contribution in [0.25, 0.3) is 11.4 Å². The van der Waals surface area contributed by atoms with Gasteiger partial charge in [-0.1, -0.05) is 35.5 Å². The van der Waals surface area contributed by atoms with Crippen LogP contribution in [0.5, 0.6) is 0 Å². The second kappa shape index (κ2) is 7.70. The van der Waals surface area contributed by atoms with E-state index in [1.807, 2.05) is 37.3 Å². The molecule has 0 bridgehead atoms. The summed E-state index contributed by atoms with van der Waals surface area (Å²) in [5.74, 6) is 0.0678. The maximum absolute atomic E-state index is 13.8. The summed E-state index contributed by atoms with van der Waals surface area (Å²) < 4.78 is 18.9. The number of aromatic nitrogens is 2. The molecule has 0 fully saturated rings. The number of nitrogens with zero attached hydrogens (tertiary/aromatic N) is 3. The van der Waals surface area contributed by atoms with Gasteiger partial charge in [-0.15, -0.1) is 0 Å². The first-order valence-corrected chi connectivity index (χ1v) is 8.12. The Bertz CT molecular complexity index is 849. The molecule has 6 heteroatoms. The largest absolute Gasteiger partial charge is 0.339 e. The van der Waals surface area contributed by atoms with Crippen molar-refractivity contribution in [1.82, 2.24) is 10.1 Å². The van der Waals surface area contributed by atoms with Crippen molar-refractivity contribution >= 4 is 11.6 Å². The highest BCUT2D eigenvalue weighted by molar-refractivity contribution is 5.93. The fraction of sp³-hybridized carbons (Fsp3) is 0.211. The lowest BCUT2D eigenvalue weighted by Crippen LogP contribution is -2.30. The van der Waals surface area contributed by atoms with Crippen LogP contribution in [0.1, 0.15) is 19.2 Å². The van der Waals surface area contributed by atoms with Gasteiger partial charge >= 0.3 is 0 Å². The molecule has 5 nitrogen and oxygen atoms in total. The van der Waals surface area contributed by atoms with E-state index in [1.54, 1.807) is 23.1 Å². The van der Waals surface area contributed by atoms with Gasteiger partial charge in [0.1, 0.15) is 5.82 Å². The fourth-order valence-electron chi connectivity index (χ4n) is 2.57. The Kier molecular flexibility index (Phi) is 5.18. The van der Waals surface area contributed by atoms with Gasteiger partial charge in [0.05, 0.1) is 5.56 Å². The number of amides is 1. The zero-order valence-corrected chi connectivity index (χ0v) is 13.9. The van der Waals surface area contributed by atoms with Crippen molar-refractivity contribution in [2.24, 2.45) is 0 Å². The van der Waals surface area contributed by atoms with Crippen LogP contribution < -0.4 is 4.90 Å². The van der Waals surface area contributed by atoms with Crippen LogP contribution in [-0.4, -0.2) is 22.6 Å². The average molecular weight is 339 g/mol. The average Bonchev–Trinajstić information content (AvgIpc) is 3.11. The lowest BCUT2D eigenvalue weighted by atomic mass is 10.2. The molecule has 0 aliphatic heterocycles. The molecule has 0 aliphatic rings. The van der Waals surface area contributed by atoms with Gasteiger partial charge in [-0.3, -0.25) is 4.79 Å². The monoisotopic (exact) mass is 339 g/mol. The quantitative estimate of drug-likeness (QED) is 0.684. The van der Waals surface area contributed by atoms with Gasteiger partial charge in [0, 0.05) is 25.1 Å². The van der Waals surface area contributed by atoms with E-state index in [2.05, 4.69) is 10.1 Å². The normalized spacial score (nSPS) is 10.6. The van der Waals surface area contributed by atoms with Crippen molar-refractivity contribution in [1.29, 1.82) is 0 Å². The minimum atomic E-state index is -0.410. The van der Waals surface area contributed by atoms with Crippen molar-refractivity contribution in [3.05, 3.63) is 66.3 Å². The highest BCUT2D eigenvalue weighted by Gasteiger charge is 2.17. The van der Waals surface area contributed by atoms with E-state index in [4.69, 9.17) is 4.52 Å². The van der Waals surface area contributed by atoms with Crippen LogP contribution in [0.3, 0.4) is 0 Å². The first-order chi connectivity index (χ1) is 12.2. The number of rotatable bonds is 6. The minimum absolute atomic E-state index is 0.0284. The van der Waals surface area contributed by atoms with Crippen LogP contribution in [-0.2, 0) is 11.2 Å². The summed E-state index contributed by atoms with van der Waals surface area (Å²) in [6.45, 7) is 2.50. The molecule has 25 heavy (non-hydrogen) atoms. The van der Waals surface area contributed by atoms with Gasteiger partial charge < -0.3 is 9.42 Å². The van der Waals surface area contributed by atoms with Crippen LogP contribution in [0.4, 0.5) is 10.1 Å². The maximum atomic E-state index is 13.8. The molecule has 1 aromatic heterocycles. The van der Waals surface area contributed by atoms with Gasteiger partial charge in [0.15, 0.2) is 0 Å². The fourth-order valence-corrected chi connectivity index (χ4v) is 2.57. The topological polar surface area (TPSA) is 59.2 Å². The molecule has 0 N–H and O–H groups in total. The standard InChI is InChI=1S/C19H18FN3O2/c1-2-23(14-8-4-3-5-9-14)18(24)13-12-17-21-19(22-25-17)15-10-6-7-11-16(15)20/h3-11H,2,12-13H2,1H3. The molecular formula is C19H18FN3O2. The van der Waals surface area contributed by atoms with Crippen molar-refractivity contribution < 1.29 is 13.7 Å². The number of anilines is 1. The van der Waals surface area contributed by atoms with Crippen LogP contribution in [0.2, 0.25) is 0 Å². The maximum Gasteiger partial charge on any atom is 0.227 e. The molecule has 1 heterocycles. The molecule has 0 unspecified atom stereocenters. The van der Waals surface area contributed by atoms with Gasteiger partial charge in [-0.2, -0.15) is 4.98 Å². The number of carbonyl (C=O) groups excluding carboxylic acids is 1. The third kappa shape index (κ3) is 3.91. The predicted octanol–water partition coefficient (Wildman–Crippen LogP) is 3.86. The second-order valence-electron chi connectivity index (χ2n) is 5.47. The van der Waals surface area contributed by atoms with Crippen molar-refractivity contribution in [3.63, 3.8) is 0 Å². The summed E-state index contributed by atoms with van der Waals surface area (Å²) in [5.41, 5.74) is 1.14. The van der Waals surface area contributed by atoms with E-state index in [9.17, 15) is 9.18 Å². The Hall–Kier alpha value is -3.02. The van der Waals surface area contributed by atoms with E-state index in [0.29, 0.717) is 18.9 Å². The molecule has 0 radical (unpaired) electrons. The molecular weight excluding hydrogens is 321 g/mol. The number of para-hydroxylation sites is 1. The molecule has 0 saturated carbocycles. The van der Waals surface area contributed by atoms with Crippen molar-refractivity contribution in [2.75, 3.05) is 11.4 Å². The predicted molar refractivity (Wildman–Crippen MR) is 92.5 cm³/mol. The van der Waals surface area contributed by atoms with Gasteiger partial charge in [-0.05, 0) is 31.2 Å². The van der Waals surface area contributed by atoms with Crippen molar-refractivity contribution in [2.45, 2.75) is 19.8 Å². The number of hydrogen-bond donors (Lipinski definition) is 0. The number of halogens is 1. The lowest BCUT2D eigenvalue weighted by Gasteiger charge is -2.20. The van der Waals surface area contributed by atoms with Gasteiger partial charge in [0.2, 0.25) is 17.6 Å². The van der Waals surface area contributed by atoms with E-state index in [1.165, 1.54) is 6.07 Å². The Balaban J connectivity index is 1.66. The summed E-state index contributed by atoms with van der Waals surface area (Å²) in [6, 6.07) is 15.7. The molecule has 128 valence electrons. The summed E-state index contributed by atoms with van der Waals surface area (Å²) in [6.07, 6.45) is 0.547. The third-order valence-corrected chi connectivity index (χ3v) is 3.82. The summed E-state index contributed by atoms with van der Waals surface area (Å²) >= 11 is 0. The number of benzene rings is 2. The molecule has 1 amide bonds. The Morgan fingerprint density at radius 3 is 2.56 bits per heavy atom. The third-order valence-electron chi connectivity index (χ3n) is 3.82. The van der Waals surface area contributed by atoms with E-state index >= 15 is 0 Å². The minimum Gasteiger partial charge on any atom is -0.339 e. The van der Waals surface area contributed by atoms with E-state index in [0.717, 1.165) is 5.69 Å². The summed E-state index contributed by atoms with van der Waals surface area (Å²) in [7, 11) is 0. The molecule has 3 aromatic rings. The Labute approximate surface area is 145 Å². The Morgan fingerprint density at radius 1 is 1.12 bits per heavy atom. The van der Waals surface area contributed by atoms with Crippen LogP contribution in [0, 0.1) is 5.82 Å². The smallest absolute Gasteiger partial charge is 0.227 e. The van der Waals surface area contributed by atoms with Crippen molar-refractivity contribution in [3.8, 4) is 11.4 Å². The number of carbonyl (C=O) groups is 1. The first kappa shape index (κ1) is 16.8. The van der Waals surface area contributed by atoms with Gasteiger partial charge in [-0.25, -0.2) is 4.39 Å². The second-order valence-corrected chi connectivity index (χ2v) is 5.47. The molecule has 0 aliphatic carbocycles. The zero-order chi connectivity index (χ0) is 17.6. The molecule has 0 saturated heterocycles. The van der Waals surface area contributed by atoms with Crippen LogP contribution in [0.15, 0.2) is 59.1 Å². The molecule has 3 rings (SSSR count). The highest BCUT2D eigenvalue weighted by Crippen LogP contribution is 2.20.